The molecule has 2 atom stereocenters. The zero-order valence-electron chi connectivity index (χ0n) is 15.7. The first-order valence-electron chi connectivity index (χ1n) is 8.73. The van der Waals surface area contributed by atoms with Gasteiger partial charge in [0, 0.05) is 25.0 Å². The van der Waals surface area contributed by atoms with Gasteiger partial charge in [0.05, 0.1) is 6.54 Å². The van der Waals surface area contributed by atoms with Crippen LogP contribution < -0.4 is 16.0 Å². The molecule has 0 aromatic rings. The molecule has 0 aromatic carbocycles. The van der Waals surface area contributed by atoms with Crippen LogP contribution in [0.2, 0.25) is 0 Å². The van der Waals surface area contributed by atoms with E-state index in [2.05, 4.69) is 48.6 Å². The summed E-state index contributed by atoms with van der Waals surface area (Å²) in [7, 11) is 0. The molecule has 23 heavy (non-hydrogen) atoms. The molecule has 0 rings (SSSR count). The van der Waals surface area contributed by atoms with Crippen LogP contribution in [0.5, 0.6) is 0 Å². The van der Waals surface area contributed by atoms with Crippen LogP contribution in [0.15, 0.2) is 4.99 Å². The van der Waals surface area contributed by atoms with Crippen molar-refractivity contribution in [1.29, 1.82) is 0 Å². The zero-order valence-corrected chi connectivity index (χ0v) is 18.1. The van der Waals surface area contributed by atoms with Crippen molar-refractivity contribution < 1.29 is 4.79 Å². The Morgan fingerprint density at radius 1 is 1.00 bits per heavy atom. The molecule has 0 heterocycles. The third-order valence-electron chi connectivity index (χ3n) is 3.53. The number of rotatable bonds is 10. The predicted molar refractivity (Wildman–Crippen MR) is 111 cm³/mol. The fourth-order valence-corrected chi connectivity index (χ4v) is 1.93. The average Bonchev–Trinajstić information content (AvgIpc) is 2.45. The number of guanidine groups is 1. The van der Waals surface area contributed by atoms with Crippen molar-refractivity contribution in [3.8, 4) is 0 Å². The highest BCUT2D eigenvalue weighted by atomic mass is 127. The Hall–Kier alpha value is -0.530. The second kappa shape index (κ2) is 15.0. The third-order valence-corrected chi connectivity index (χ3v) is 3.53. The number of nitrogens with one attached hydrogen (secondary N) is 3. The number of halogens is 1. The van der Waals surface area contributed by atoms with Crippen molar-refractivity contribution in [1.82, 2.24) is 16.0 Å². The minimum atomic E-state index is 0. The molecule has 3 N–H and O–H groups in total. The van der Waals surface area contributed by atoms with Crippen LogP contribution in [0.1, 0.15) is 67.2 Å². The Balaban J connectivity index is 0. The highest BCUT2D eigenvalue weighted by molar-refractivity contribution is 14.0. The molecule has 1 amide bonds. The lowest BCUT2D eigenvalue weighted by atomic mass is 10.0. The third kappa shape index (κ3) is 14.8. The Morgan fingerprint density at radius 2 is 1.65 bits per heavy atom. The molecule has 0 saturated heterocycles. The molecule has 0 saturated carbocycles. The number of hydrogen-bond donors (Lipinski definition) is 3. The van der Waals surface area contributed by atoms with Gasteiger partial charge >= 0.3 is 0 Å². The van der Waals surface area contributed by atoms with Crippen LogP contribution in [-0.2, 0) is 4.79 Å². The van der Waals surface area contributed by atoms with Gasteiger partial charge in [-0.2, -0.15) is 0 Å². The summed E-state index contributed by atoms with van der Waals surface area (Å²) < 4.78 is 0. The van der Waals surface area contributed by atoms with Crippen molar-refractivity contribution in [2.45, 2.75) is 79.3 Å². The van der Waals surface area contributed by atoms with E-state index in [1.165, 1.54) is 6.42 Å². The van der Waals surface area contributed by atoms with Crippen molar-refractivity contribution in [2.24, 2.45) is 10.9 Å². The van der Waals surface area contributed by atoms with Crippen LogP contribution in [0.25, 0.3) is 0 Å². The van der Waals surface area contributed by atoms with Gasteiger partial charge in [-0.15, -0.1) is 24.0 Å². The lowest BCUT2D eigenvalue weighted by molar-refractivity contribution is -0.121. The molecule has 0 fully saturated rings. The average molecular weight is 440 g/mol. The second-order valence-electron chi connectivity index (χ2n) is 6.40. The number of carbonyl (C=O) groups excluding carboxylic acids is 1. The Kier molecular flexibility index (Phi) is 16.1. The maximum atomic E-state index is 11.7. The van der Waals surface area contributed by atoms with Gasteiger partial charge in [0.15, 0.2) is 5.96 Å². The first-order chi connectivity index (χ1) is 10.4. The standard InChI is InChI=1S/C17H36N4O.HI/c1-7-14(5)20-16(22)11-12-19-17(18-8-2)21-15(6)10-9-13(3)4;/h13-15H,7-12H2,1-6H3,(H,20,22)(H2,18,19,21);1H. The van der Waals surface area contributed by atoms with Crippen molar-refractivity contribution in [3.63, 3.8) is 0 Å². The molecule has 6 heteroatoms. The number of aliphatic imine (C=N–C) groups is 1. The molecule has 2 unspecified atom stereocenters. The summed E-state index contributed by atoms with van der Waals surface area (Å²) >= 11 is 0. The molecule has 0 spiro atoms. The number of hydrogen-bond acceptors (Lipinski definition) is 2. The number of nitrogens with zero attached hydrogens (tertiary/aromatic N) is 1. The van der Waals surface area contributed by atoms with Gasteiger partial charge in [-0.25, -0.2) is 0 Å². The van der Waals surface area contributed by atoms with Crippen LogP contribution >= 0.6 is 24.0 Å². The molecular formula is C17H37IN4O. The molecule has 0 aromatic heterocycles. The second-order valence-corrected chi connectivity index (χ2v) is 6.40. The maximum absolute atomic E-state index is 11.7. The van der Waals surface area contributed by atoms with Crippen LogP contribution in [0, 0.1) is 5.92 Å². The largest absolute Gasteiger partial charge is 0.357 e. The van der Waals surface area contributed by atoms with Gasteiger partial charge in [-0.1, -0.05) is 20.8 Å². The van der Waals surface area contributed by atoms with E-state index in [0.717, 1.165) is 25.3 Å². The normalized spacial score (nSPS) is 14.0. The lowest BCUT2D eigenvalue weighted by Crippen LogP contribution is -2.42. The van der Waals surface area contributed by atoms with Crippen molar-refractivity contribution in [2.75, 3.05) is 13.1 Å². The minimum Gasteiger partial charge on any atom is -0.357 e. The summed E-state index contributed by atoms with van der Waals surface area (Å²) in [6.45, 7) is 14.1. The van der Waals surface area contributed by atoms with E-state index in [-0.39, 0.29) is 35.9 Å². The van der Waals surface area contributed by atoms with Gasteiger partial charge in [-0.3, -0.25) is 9.79 Å². The summed E-state index contributed by atoms with van der Waals surface area (Å²) in [4.78, 5) is 16.2. The molecule has 0 aliphatic rings. The molecule has 0 radical (unpaired) electrons. The quantitative estimate of drug-likeness (QED) is 0.278. The Bertz CT molecular complexity index is 335. The SMILES string of the molecule is CCNC(=NCCC(=O)NC(C)CC)NC(C)CCC(C)C.I. The molecule has 5 nitrogen and oxygen atoms in total. The summed E-state index contributed by atoms with van der Waals surface area (Å²) in [6.07, 6.45) is 3.70. The molecular weight excluding hydrogens is 403 g/mol. The minimum absolute atomic E-state index is 0. The topological polar surface area (TPSA) is 65.5 Å². The van der Waals surface area contributed by atoms with Gasteiger partial charge in [0.1, 0.15) is 0 Å². The molecule has 0 aliphatic heterocycles. The molecule has 0 bridgehead atoms. The Labute approximate surface area is 159 Å². The first kappa shape index (κ1) is 24.7. The summed E-state index contributed by atoms with van der Waals surface area (Å²) in [5.41, 5.74) is 0. The zero-order chi connectivity index (χ0) is 17.0. The van der Waals surface area contributed by atoms with E-state index in [4.69, 9.17) is 0 Å². The van der Waals surface area contributed by atoms with E-state index in [9.17, 15) is 4.79 Å². The van der Waals surface area contributed by atoms with Gasteiger partial charge in [-0.05, 0) is 46.0 Å². The van der Waals surface area contributed by atoms with E-state index >= 15 is 0 Å². The van der Waals surface area contributed by atoms with Gasteiger partial charge in [0.2, 0.25) is 5.91 Å². The van der Waals surface area contributed by atoms with Crippen LogP contribution in [0.4, 0.5) is 0 Å². The van der Waals surface area contributed by atoms with E-state index in [0.29, 0.717) is 24.9 Å². The van der Waals surface area contributed by atoms with Gasteiger partial charge < -0.3 is 16.0 Å². The van der Waals surface area contributed by atoms with Crippen molar-refractivity contribution >= 4 is 35.8 Å². The highest BCUT2D eigenvalue weighted by Gasteiger charge is 2.07. The van der Waals surface area contributed by atoms with Crippen molar-refractivity contribution in [3.05, 3.63) is 0 Å². The van der Waals surface area contributed by atoms with Crippen LogP contribution in [0.3, 0.4) is 0 Å². The Morgan fingerprint density at radius 3 is 2.17 bits per heavy atom. The maximum Gasteiger partial charge on any atom is 0.222 e. The monoisotopic (exact) mass is 440 g/mol. The fourth-order valence-electron chi connectivity index (χ4n) is 1.93. The summed E-state index contributed by atoms with van der Waals surface area (Å²) in [6, 6.07) is 0.619. The van der Waals surface area contributed by atoms with E-state index in [1.54, 1.807) is 0 Å². The first-order valence-corrected chi connectivity index (χ1v) is 8.73. The smallest absolute Gasteiger partial charge is 0.222 e. The lowest BCUT2D eigenvalue weighted by Gasteiger charge is -2.18. The summed E-state index contributed by atoms with van der Waals surface area (Å²) in [5.74, 6) is 1.59. The van der Waals surface area contributed by atoms with E-state index < -0.39 is 0 Å². The van der Waals surface area contributed by atoms with E-state index in [1.807, 2.05) is 13.8 Å². The highest BCUT2D eigenvalue weighted by Crippen LogP contribution is 2.06. The fraction of sp³-hybridized carbons (Fsp3) is 0.882. The molecule has 0 aliphatic carbocycles. The number of amides is 1. The molecule has 138 valence electrons. The van der Waals surface area contributed by atoms with Gasteiger partial charge in [0.25, 0.3) is 0 Å². The number of carbonyl (C=O) groups is 1. The van der Waals surface area contributed by atoms with Crippen LogP contribution in [-0.4, -0.2) is 37.0 Å². The summed E-state index contributed by atoms with van der Waals surface area (Å²) in [5, 5.41) is 9.60. The predicted octanol–water partition coefficient (Wildman–Crippen LogP) is 3.29.